The second kappa shape index (κ2) is 12.5. The van der Waals surface area contributed by atoms with Gasteiger partial charge in [0.2, 0.25) is 5.91 Å². The Morgan fingerprint density at radius 1 is 0.872 bits per heavy atom. The number of piperidine rings is 1. The van der Waals surface area contributed by atoms with E-state index in [1.807, 2.05) is 6.07 Å². The van der Waals surface area contributed by atoms with Gasteiger partial charge in [0.1, 0.15) is 5.54 Å². The Bertz CT molecular complexity index is 1250. The molecule has 1 amide bonds. The SMILES string of the molecule is N=C(N)NCCCCCCCN1CN(c2ccccc2)C2(CCN(Cc3cccc4ccccc34)CC2)C1=O. The van der Waals surface area contributed by atoms with Crippen LogP contribution in [0.25, 0.3) is 10.8 Å². The molecular weight excluding hydrogens is 484 g/mol. The van der Waals surface area contributed by atoms with Crippen LogP contribution in [0.4, 0.5) is 5.69 Å². The minimum Gasteiger partial charge on any atom is -0.370 e. The minimum absolute atomic E-state index is 0.0406. The number of guanidine groups is 1. The summed E-state index contributed by atoms with van der Waals surface area (Å²) in [6.07, 6.45) is 7.11. The molecule has 0 saturated carbocycles. The number of likely N-dealkylation sites (tertiary alicyclic amines) is 1. The molecule has 2 aliphatic rings. The van der Waals surface area contributed by atoms with E-state index in [1.54, 1.807) is 0 Å². The number of anilines is 1. The van der Waals surface area contributed by atoms with E-state index in [-0.39, 0.29) is 5.96 Å². The van der Waals surface area contributed by atoms with E-state index < -0.39 is 5.54 Å². The standard InChI is InChI=1S/C32H42N6O/c33-31(34)35-20-9-2-1-3-10-21-37-25-38(28-15-5-4-6-16-28)32(30(37)39)18-22-36(23-19-32)24-27-14-11-13-26-12-7-8-17-29(26)27/h4-8,11-17H,1-3,9-10,18-25H2,(H4,33,34,35). The van der Waals surface area contributed by atoms with Gasteiger partial charge in [0.15, 0.2) is 5.96 Å². The fourth-order valence-electron chi connectivity index (χ4n) is 6.31. The highest BCUT2D eigenvalue weighted by Gasteiger charge is 2.53. The summed E-state index contributed by atoms with van der Waals surface area (Å²) >= 11 is 0. The predicted molar refractivity (Wildman–Crippen MR) is 160 cm³/mol. The summed E-state index contributed by atoms with van der Waals surface area (Å²) in [5.74, 6) is 0.348. The lowest BCUT2D eigenvalue weighted by atomic mass is 9.85. The highest BCUT2D eigenvalue weighted by molar-refractivity contribution is 5.93. The first-order chi connectivity index (χ1) is 19.1. The predicted octanol–water partition coefficient (Wildman–Crippen LogP) is 4.91. The molecule has 1 spiro atoms. The lowest BCUT2D eigenvalue weighted by Crippen LogP contribution is -2.56. The number of hydrogen-bond acceptors (Lipinski definition) is 4. The monoisotopic (exact) mass is 526 g/mol. The largest absolute Gasteiger partial charge is 0.370 e. The molecule has 2 saturated heterocycles. The van der Waals surface area contributed by atoms with Gasteiger partial charge in [-0.25, -0.2) is 0 Å². The van der Waals surface area contributed by atoms with Gasteiger partial charge in [0.05, 0.1) is 6.67 Å². The van der Waals surface area contributed by atoms with E-state index in [2.05, 4.69) is 86.7 Å². The Morgan fingerprint density at radius 3 is 2.36 bits per heavy atom. The molecule has 2 fully saturated rings. The van der Waals surface area contributed by atoms with Crippen molar-refractivity contribution >= 4 is 28.3 Å². The molecule has 0 atom stereocenters. The zero-order chi connectivity index (χ0) is 27.1. The number of benzene rings is 3. The summed E-state index contributed by atoms with van der Waals surface area (Å²) < 4.78 is 0. The number of rotatable bonds is 11. The van der Waals surface area contributed by atoms with Crippen molar-refractivity contribution in [2.24, 2.45) is 5.73 Å². The first-order valence-electron chi connectivity index (χ1n) is 14.5. The molecule has 2 heterocycles. The van der Waals surface area contributed by atoms with Crippen LogP contribution >= 0.6 is 0 Å². The third-order valence-electron chi connectivity index (χ3n) is 8.46. The zero-order valence-electron chi connectivity index (χ0n) is 22.9. The Balaban J connectivity index is 1.20. The molecule has 5 rings (SSSR count). The lowest BCUT2D eigenvalue weighted by Gasteiger charge is -2.43. The van der Waals surface area contributed by atoms with Gasteiger partial charge in [0.25, 0.3) is 0 Å². The number of unbranched alkanes of at least 4 members (excludes halogenated alkanes) is 4. The molecule has 2 aliphatic heterocycles. The van der Waals surface area contributed by atoms with Crippen molar-refractivity contribution in [3.05, 3.63) is 78.4 Å². The van der Waals surface area contributed by atoms with Crippen molar-refractivity contribution in [3.63, 3.8) is 0 Å². The zero-order valence-corrected chi connectivity index (χ0v) is 22.9. The summed E-state index contributed by atoms with van der Waals surface area (Å²) in [5.41, 5.74) is 7.40. The summed E-state index contributed by atoms with van der Waals surface area (Å²) in [6, 6.07) is 25.7. The molecule has 206 valence electrons. The fourth-order valence-corrected chi connectivity index (χ4v) is 6.31. The van der Waals surface area contributed by atoms with Gasteiger partial charge in [-0.15, -0.1) is 0 Å². The van der Waals surface area contributed by atoms with E-state index in [0.717, 1.165) is 83.4 Å². The van der Waals surface area contributed by atoms with E-state index >= 15 is 0 Å². The number of para-hydroxylation sites is 1. The van der Waals surface area contributed by atoms with Crippen LogP contribution in [0, 0.1) is 5.41 Å². The lowest BCUT2D eigenvalue weighted by molar-refractivity contribution is -0.133. The molecular formula is C32H42N6O. The Morgan fingerprint density at radius 2 is 1.56 bits per heavy atom. The van der Waals surface area contributed by atoms with Crippen LogP contribution in [-0.2, 0) is 11.3 Å². The molecule has 4 N–H and O–H groups in total. The van der Waals surface area contributed by atoms with Crippen molar-refractivity contribution in [2.45, 2.75) is 57.0 Å². The van der Waals surface area contributed by atoms with Crippen molar-refractivity contribution in [2.75, 3.05) is 37.7 Å². The van der Waals surface area contributed by atoms with Crippen molar-refractivity contribution in [1.29, 1.82) is 5.41 Å². The maximum absolute atomic E-state index is 14.0. The van der Waals surface area contributed by atoms with E-state index in [1.165, 1.54) is 16.3 Å². The van der Waals surface area contributed by atoms with E-state index in [9.17, 15) is 4.79 Å². The summed E-state index contributed by atoms with van der Waals surface area (Å²) in [7, 11) is 0. The third kappa shape index (κ3) is 6.19. The maximum Gasteiger partial charge on any atom is 0.250 e. The van der Waals surface area contributed by atoms with E-state index in [0.29, 0.717) is 12.6 Å². The number of amides is 1. The molecule has 3 aromatic carbocycles. The molecule has 7 nitrogen and oxygen atoms in total. The number of carbonyl (C=O) groups is 1. The van der Waals surface area contributed by atoms with Crippen molar-refractivity contribution in [3.8, 4) is 0 Å². The smallest absolute Gasteiger partial charge is 0.250 e. The number of nitrogens with zero attached hydrogens (tertiary/aromatic N) is 3. The van der Waals surface area contributed by atoms with Gasteiger partial charge in [0, 0.05) is 38.4 Å². The molecule has 0 aromatic heterocycles. The van der Waals surface area contributed by atoms with Crippen molar-refractivity contribution in [1.82, 2.24) is 15.1 Å². The van der Waals surface area contributed by atoms with Crippen molar-refractivity contribution < 1.29 is 4.79 Å². The first kappa shape index (κ1) is 27.0. The summed E-state index contributed by atoms with van der Waals surface area (Å²) in [4.78, 5) is 21.0. The average Bonchev–Trinajstić information content (AvgIpc) is 3.22. The second-order valence-electron chi connectivity index (χ2n) is 11.0. The Kier molecular flexibility index (Phi) is 8.67. The quantitative estimate of drug-likeness (QED) is 0.188. The van der Waals surface area contributed by atoms with Gasteiger partial charge in [-0.1, -0.05) is 79.9 Å². The number of nitrogens with two attached hydrogens (primary N) is 1. The second-order valence-corrected chi connectivity index (χ2v) is 11.0. The average molecular weight is 527 g/mol. The molecule has 3 aromatic rings. The van der Waals surface area contributed by atoms with Gasteiger partial charge >= 0.3 is 0 Å². The van der Waals surface area contributed by atoms with Crippen LogP contribution in [0.5, 0.6) is 0 Å². The summed E-state index contributed by atoms with van der Waals surface area (Å²) in [5, 5.41) is 12.7. The van der Waals surface area contributed by atoms with Gasteiger partial charge in [-0.2, -0.15) is 0 Å². The van der Waals surface area contributed by atoms with Crippen LogP contribution in [0.3, 0.4) is 0 Å². The third-order valence-corrected chi connectivity index (χ3v) is 8.46. The molecule has 7 heteroatoms. The Labute approximate surface area is 232 Å². The van der Waals surface area contributed by atoms with Crippen LogP contribution in [0.2, 0.25) is 0 Å². The number of nitrogens with one attached hydrogen (secondary N) is 2. The van der Waals surface area contributed by atoms with Crippen LogP contribution in [0.15, 0.2) is 72.8 Å². The molecule has 0 aliphatic carbocycles. The first-order valence-corrected chi connectivity index (χ1v) is 14.5. The fraction of sp³-hybridized carbons (Fsp3) is 0.438. The summed E-state index contributed by atoms with van der Waals surface area (Å²) in [6.45, 7) is 5.00. The van der Waals surface area contributed by atoms with Gasteiger partial charge in [-0.3, -0.25) is 15.1 Å². The highest BCUT2D eigenvalue weighted by Crippen LogP contribution is 2.40. The topological polar surface area (TPSA) is 88.7 Å². The molecule has 0 unspecified atom stereocenters. The number of carbonyl (C=O) groups excluding carboxylic acids is 1. The minimum atomic E-state index is -0.449. The van der Waals surface area contributed by atoms with Gasteiger partial charge in [-0.05, 0) is 54.2 Å². The maximum atomic E-state index is 14.0. The van der Waals surface area contributed by atoms with Crippen LogP contribution in [-0.4, -0.2) is 60.1 Å². The van der Waals surface area contributed by atoms with Crippen LogP contribution < -0.4 is 16.0 Å². The van der Waals surface area contributed by atoms with E-state index in [4.69, 9.17) is 11.1 Å². The Hall–Kier alpha value is -3.58. The highest BCUT2D eigenvalue weighted by atomic mass is 16.2. The van der Waals surface area contributed by atoms with Crippen LogP contribution in [0.1, 0.15) is 50.5 Å². The number of hydrogen-bond donors (Lipinski definition) is 3. The normalized spacial score (nSPS) is 17.3. The molecule has 0 radical (unpaired) electrons. The molecule has 0 bridgehead atoms. The van der Waals surface area contributed by atoms with Gasteiger partial charge < -0.3 is 20.9 Å². The molecule has 39 heavy (non-hydrogen) atoms. The number of fused-ring (bicyclic) bond motifs is 1.